The third-order valence-corrected chi connectivity index (χ3v) is 4.13. The molecule has 0 aromatic heterocycles. The smallest absolute Gasteiger partial charge is 0.222 e. The van der Waals surface area contributed by atoms with Crippen molar-refractivity contribution in [1.29, 1.82) is 0 Å². The van der Waals surface area contributed by atoms with E-state index in [9.17, 15) is 4.79 Å². The number of nitrogens with zero attached hydrogens (tertiary/aromatic N) is 1. The summed E-state index contributed by atoms with van der Waals surface area (Å²) >= 11 is 0. The summed E-state index contributed by atoms with van der Waals surface area (Å²) in [6.07, 6.45) is 4.29. The monoisotopic (exact) mass is 240 g/mol. The van der Waals surface area contributed by atoms with Gasteiger partial charge in [-0.05, 0) is 51.1 Å². The van der Waals surface area contributed by atoms with Crippen LogP contribution in [0.15, 0.2) is 0 Å². The van der Waals surface area contributed by atoms with Gasteiger partial charge in [-0.3, -0.25) is 4.79 Å². The summed E-state index contributed by atoms with van der Waals surface area (Å²) < 4.78 is 0. The molecule has 1 aliphatic heterocycles. The van der Waals surface area contributed by atoms with E-state index in [0.717, 1.165) is 19.5 Å². The maximum atomic E-state index is 12.0. The molecule has 17 heavy (non-hydrogen) atoms. The summed E-state index contributed by atoms with van der Waals surface area (Å²) in [6.45, 7) is 8.70. The number of hydrogen-bond acceptors (Lipinski definition) is 2. The number of nitrogens with one attached hydrogen (secondary N) is 1. The van der Waals surface area contributed by atoms with Crippen LogP contribution in [0.3, 0.4) is 0 Å². The van der Waals surface area contributed by atoms with E-state index < -0.39 is 0 Å². The van der Waals surface area contributed by atoms with Gasteiger partial charge in [0.25, 0.3) is 0 Å². The van der Waals surface area contributed by atoms with E-state index in [1.54, 1.807) is 0 Å². The molecule has 0 saturated carbocycles. The van der Waals surface area contributed by atoms with Gasteiger partial charge < -0.3 is 10.2 Å². The van der Waals surface area contributed by atoms with E-state index in [-0.39, 0.29) is 0 Å². The Labute approximate surface area is 106 Å². The van der Waals surface area contributed by atoms with Gasteiger partial charge in [-0.25, -0.2) is 0 Å². The fourth-order valence-corrected chi connectivity index (χ4v) is 2.35. The van der Waals surface area contributed by atoms with Gasteiger partial charge in [0.2, 0.25) is 5.91 Å². The second-order valence-electron chi connectivity index (χ2n) is 5.74. The average molecular weight is 240 g/mol. The molecule has 1 fully saturated rings. The Hall–Kier alpha value is -0.570. The van der Waals surface area contributed by atoms with Crippen molar-refractivity contribution < 1.29 is 4.79 Å². The summed E-state index contributed by atoms with van der Waals surface area (Å²) in [7, 11) is 1.94. The van der Waals surface area contributed by atoms with Crippen LogP contribution in [0.2, 0.25) is 0 Å². The lowest BCUT2D eigenvalue weighted by molar-refractivity contribution is -0.132. The largest absolute Gasteiger partial charge is 0.343 e. The quantitative estimate of drug-likeness (QED) is 0.799. The van der Waals surface area contributed by atoms with E-state index in [4.69, 9.17) is 0 Å². The van der Waals surface area contributed by atoms with Gasteiger partial charge in [0.1, 0.15) is 0 Å². The van der Waals surface area contributed by atoms with Crippen molar-refractivity contribution in [3.63, 3.8) is 0 Å². The summed E-state index contributed by atoms with van der Waals surface area (Å²) in [6, 6.07) is 0.340. The molecule has 0 aromatic carbocycles. The molecule has 1 N–H and O–H groups in total. The number of amides is 1. The van der Waals surface area contributed by atoms with Crippen molar-refractivity contribution in [3.8, 4) is 0 Å². The summed E-state index contributed by atoms with van der Waals surface area (Å²) in [5.41, 5.74) is 0. The maximum absolute atomic E-state index is 12.0. The molecule has 3 nitrogen and oxygen atoms in total. The molecule has 1 heterocycles. The Morgan fingerprint density at radius 2 is 2.12 bits per heavy atom. The van der Waals surface area contributed by atoms with Crippen LogP contribution in [0.5, 0.6) is 0 Å². The van der Waals surface area contributed by atoms with Gasteiger partial charge in [-0.2, -0.15) is 0 Å². The summed E-state index contributed by atoms with van der Waals surface area (Å²) in [4.78, 5) is 14.0. The van der Waals surface area contributed by atoms with Gasteiger partial charge in [0.05, 0.1) is 0 Å². The predicted octanol–water partition coefficient (Wildman–Crippen LogP) is 2.27. The van der Waals surface area contributed by atoms with E-state index in [1.165, 1.54) is 12.8 Å². The highest BCUT2D eigenvalue weighted by Crippen LogP contribution is 2.17. The van der Waals surface area contributed by atoms with Gasteiger partial charge in [-0.15, -0.1) is 0 Å². The van der Waals surface area contributed by atoms with E-state index in [1.807, 2.05) is 11.9 Å². The highest BCUT2D eigenvalue weighted by atomic mass is 16.2. The van der Waals surface area contributed by atoms with Crippen LogP contribution in [0.1, 0.15) is 46.5 Å². The van der Waals surface area contributed by atoms with Crippen LogP contribution in [0, 0.1) is 11.8 Å². The van der Waals surface area contributed by atoms with E-state index >= 15 is 0 Å². The van der Waals surface area contributed by atoms with Crippen molar-refractivity contribution in [2.24, 2.45) is 11.8 Å². The molecule has 0 spiro atoms. The SMILES string of the molecule is CC(C)C(C)N(C)C(=O)CCC1CCCNC1. The first-order chi connectivity index (χ1) is 8.02. The second-order valence-corrected chi connectivity index (χ2v) is 5.74. The Bertz CT molecular complexity index is 234. The fraction of sp³-hybridized carbons (Fsp3) is 0.929. The molecule has 1 rings (SSSR count). The number of carbonyl (C=O) groups excluding carboxylic acids is 1. The molecule has 0 aliphatic carbocycles. The zero-order valence-corrected chi connectivity index (χ0v) is 11.8. The Balaban J connectivity index is 2.28. The molecular weight excluding hydrogens is 212 g/mol. The van der Waals surface area contributed by atoms with Crippen LogP contribution >= 0.6 is 0 Å². The molecule has 0 aromatic rings. The lowest BCUT2D eigenvalue weighted by Gasteiger charge is -2.29. The van der Waals surface area contributed by atoms with Gasteiger partial charge in [-0.1, -0.05) is 13.8 Å². The fourth-order valence-electron chi connectivity index (χ4n) is 2.35. The zero-order chi connectivity index (χ0) is 12.8. The number of hydrogen-bond donors (Lipinski definition) is 1. The zero-order valence-electron chi connectivity index (χ0n) is 11.8. The molecule has 3 heteroatoms. The minimum absolute atomic E-state index is 0.303. The molecule has 1 aliphatic rings. The van der Waals surface area contributed by atoms with Crippen molar-refractivity contribution in [1.82, 2.24) is 10.2 Å². The number of piperidine rings is 1. The summed E-state index contributed by atoms with van der Waals surface area (Å²) in [5, 5.41) is 3.40. The first-order valence-electron chi connectivity index (χ1n) is 6.98. The van der Waals surface area contributed by atoms with Crippen molar-refractivity contribution in [2.45, 2.75) is 52.5 Å². The average Bonchev–Trinajstić information content (AvgIpc) is 2.35. The normalized spacial score (nSPS) is 22.5. The Kier molecular flexibility index (Phi) is 5.96. The van der Waals surface area contributed by atoms with Gasteiger partial charge in [0, 0.05) is 19.5 Å². The first kappa shape index (κ1) is 14.5. The molecule has 0 radical (unpaired) electrons. The highest BCUT2D eigenvalue weighted by molar-refractivity contribution is 5.76. The third-order valence-electron chi connectivity index (χ3n) is 4.13. The lowest BCUT2D eigenvalue weighted by Crippen LogP contribution is -2.38. The Morgan fingerprint density at radius 1 is 1.41 bits per heavy atom. The first-order valence-corrected chi connectivity index (χ1v) is 6.98. The topological polar surface area (TPSA) is 32.3 Å². The van der Waals surface area contributed by atoms with E-state index in [0.29, 0.717) is 30.2 Å². The number of carbonyl (C=O) groups is 1. The minimum atomic E-state index is 0.303. The van der Waals surface area contributed by atoms with E-state index in [2.05, 4.69) is 26.1 Å². The van der Waals surface area contributed by atoms with Crippen LogP contribution in [0.4, 0.5) is 0 Å². The minimum Gasteiger partial charge on any atom is -0.343 e. The highest BCUT2D eigenvalue weighted by Gasteiger charge is 2.20. The van der Waals surface area contributed by atoms with Crippen LogP contribution in [-0.2, 0) is 4.79 Å². The molecular formula is C14H28N2O. The van der Waals surface area contributed by atoms with Gasteiger partial charge in [0.15, 0.2) is 0 Å². The van der Waals surface area contributed by atoms with Crippen LogP contribution in [0.25, 0.3) is 0 Å². The molecule has 1 saturated heterocycles. The second kappa shape index (κ2) is 7.00. The molecule has 2 unspecified atom stereocenters. The predicted molar refractivity (Wildman–Crippen MR) is 71.9 cm³/mol. The lowest BCUT2D eigenvalue weighted by atomic mass is 9.94. The molecule has 1 amide bonds. The molecule has 100 valence electrons. The standard InChI is InChI=1S/C14H28N2O/c1-11(2)12(3)16(4)14(17)8-7-13-6-5-9-15-10-13/h11-13,15H,5-10H2,1-4H3. The van der Waals surface area contributed by atoms with Crippen LogP contribution < -0.4 is 5.32 Å². The molecule has 0 bridgehead atoms. The van der Waals surface area contributed by atoms with Crippen molar-refractivity contribution in [2.75, 3.05) is 20.1 Å². The maximum Gasteiger partial charge on any atom is 0.222 e. The van der Waals surface area contributed by atoms with Gasteiger partial charge >= 0.3 is 0 Å². The van der Waals surface area contributed by atoms with Crippen molar-refractivity contribution in [3.05, 3.63) is 0 Å². The number of rotatable bonds is 5. The van der Waals surface area contributed by atoms with Crippen LogP contribution in [-0.4, -0.2) is 37.0 Å². The summed E-state index contributed by atoms with van der Waals surface area (Å²) in [5.74, 6) is 1.53. The Morgan fingerprint density at radius 3 is 2.65 bits per heavy atom. The van der Waals surface area contributed by atoms with Crippen molar-refractivity contribution >= 4 is 5.91 Å². The molecule has 2 atom stereocenters. The third kappa shape index (κ3) is 4.66.